The zero-order valence-electron chi connectivity index (χ0n) is 19.0. The Balaban J connectivity index is 2.05. The van der Waals surface area contributed by atoms with Crippen molar-refractivity contribution in [2.45, 2.75) is 25.8 Å². The van der Waals surface area contributed by atoms with Crippen LogP contribution in [0.1, 0.15) is 36.9 Å². The van der Waals surface area contributed by atoms with Crippen molar-refractivity contribution in [3.8, 4) is 17.2 Å². The van der Waals surface area contributed by atoms with Crippen molar-refractivity contribution >= 4 is 17.4 Å². The number of unbranched alkanes of at least 4 members (excludes halogenated alkanes) is 1. The van der Waals surface area contributed by atoms with Gasteiger partial charge in [0.05, 0.1) is 31.9 Å². The van der Waals surface area contributed by atoms with E-state index in [2.05, 4.69) is 6.92 Å². The highest BCUT2D eigenvalue weighted by atomic mass is 16.5. The monoisotopic (exact) mass is 455 g/mol. The summed E-state index contributed by atoms with van der Waals surface area (Å²) in [6.07, 6.45) is 1.95. The lowest BCUT2D eigenvalue weighted by atomic mass is 9.95. The van der Waals surface area contributed by atoms with Crippen LogP contribution in [0.4, 0.5) is 0 Å². The predicted octanol–water partition coefficient (Wildman–Crippen LogP) is 3.65. The first kappa shape index (κ1) is 24.1. The molecule has 2 aromatic carbocycles. The van der Waals surface area contributed by atoms with Crippen molar-refractivity contribution in [1.82, 2.24) is 4.90 Å². The number of Topliss-reactive ketones (excluding diaryl/α,β-unsaturated/α-hetero) is 1. The van der Waals surface area contributed by atoms with Gasteiger partial charge in [-0.15, -0.1) is 0 Å². The van der Waals surface area contributed by atoms with Gasteiger partial charge in [-0.2, -0.15) is 0 Å². The van der Waals surface area contributed by atoms with Crippen LogP contribution in [0.2, 0.25) is 0 Å². The largest absolute Gasteiger partial charge is 0.507 e. The lowest BCUT2D eigenvalue weighted by Gasteiger charge is -2.25. The molecule has 1 fully saturated rings. The van der Waals surface area contributed by atoms with Crippen LogP contribution in [0.25, 0.3) is 5.76 Å². The van der Waals surface area contributed by atoms with Crippen LogP contribution in [0.15, 0.2) is 48.0 Å². The molecular weight excluding hydrogens is 426 g/mol. The Morgan fingerprint density at radius 3 is 2.42 bits per heavy atom. The third kappa shape index (κ3) is 5.12. The molecule has 176 valence electrons. The van der Waals surface area contributed by atoms with Gasteiger partial charge < -0.3 is 29.3 Å². The number of hydrogen-bond acceptors (Lipinski definition) is 7. The second kappa shape index (κ2) is 10.9. The number of ether oxygens (including phenoxy) is 3. The Morgan fingerprint density at radius 1 is 1.06 bits per heavy atom. The molecule has 8 nitrogen and oxygen atoms in total. The molecule has 2 aromatic rings. The summed E-state index contributed by atoms with van der Waals surface area (Å²) in [5, 5.41) is 21.1. The molecule has 0 unspecified atom stereocenters. The van der Waals surface area contributed by atoms with Crippen molar-refractivity contribution in [3.05, 3.63) is 59.2 Å². The van der Waals surface area contributed by atoms with Gasteiger partial charge in [0.2, 0.25) is 0 Å². The van der Waals surface area contributed by atoms with E-state index in [-0.39, 0.29) is 36.0 Å². The normalized spacial score (nSPS) is 17.4. The number of carbonyl (C=O) groups is 2. The van der Waals surface area contributed by atoms with Crippen molar-refractivity contribution < 1.29 is 34.0 Å². The molecule has 1 aliphatic rings. The predicted molar refractivity (Wildman–Crippen MR) is 122 cm³/mol. The first-order valence-corrected chi connectivity index (χ1v) is 10.8. The summed E-state index contributed by atoms with van der Waals surface area (Å²) in [5.74, 6) is -1.04. The smallest absolute Gasteiger partial charge is 0.295 e. The molecule has 0 aromatic heterocycles. The van der Waals surface area contributed by atoms with Crippen LogP contribution in [0.5, 0.6) is 17.2 Å². The maximum absolute atomic E-state index is 13.0. The maximum Gasteiger partial charge on any atom is 0.295 e. The molecule has 1 aliphatic heterocycles. The van der Waals surface area contributed by atoms with E-state index < -0.39 is 17.7 Å². The molecule has 0 radical (unpaired) electrons. The molecule has 0 bridgehead atoms. The number of hydrogen-bond donors (Lipinski definition) is 2. The van der Waals surface area contributed by atoms with Crippen LogP contribution in [-0.4, -0.2) is 60.8 Å². The first-order valence-electron chi connectivity index (χ1n) is 10.8. The fourth-order valence-corrected chi connectivity index (χ4v) is 3.71. The Morgan fingerprint density at radius 2 is 1.79 bits per heavy atom. The second-order valence-electron chi connectivity index (χ2n) is 7.64. The second-order valence-corrected chi connectivity index (χ2v) is 7.64. The van der Waals surface area contributed by atoms with Gasteiger partial charge >= 0.3 is 0 Å². The highest BCUT2D eigenvalue weighted by Crippen LogP contribution is 2.41. The third-order valence-corrected chi connectivity index (χ3v) is 5.49. The molecule has 1 heterocycles. The number of amides is 1. The van der Waals surface area contributed by atoms with E-state index in [1.165, 1.54) is 25.2 Å². The van der Waals surface area contributed by atoms with Gasteiger partial charge in [0.1, 0.15) is 11.5 Å². The summed E-state index contributed by atoms with van der Waals surface area (Å²) >= 11 is 0. The summed E-state index contributed by atoms with van der Waals surface area (Å²) in [6, 6.07) is 10.4. The number of methoxy groups -OCH3 is 2. The summed E-state index contributed by atoms with van der Waals surface area (Å²) in [4.78, 5) is 27.2. The number of likely N-dealkylation sites (tertiary alicyclic amines) is 1. The molecule has 1 saturated heterocycles. The lowest BCUT2D eigenvalue weighted by Crippen LogP contribution is -2.32. The molecule has 0 saturated carbocycles. The number of aliphatic hydroxyl groups excluding tert-OH is 1. The number of phenolic OH excluding ortho intramolecular Hbond substituents is 1. The van der Waals surface area contributed by atoms with Crippen molar-refractivity contribution in [2.24, 2.45) is 0 Å². The molecule has 0 spiro atoms. The number of carbonyl (C=O) groups excluding carboxylic acids is 2. The number of phenols is 1. The summed E-state index contributed by atoms with van der Waals surface area (Å²) in [5.41, 5.74) is 0.864. The van der Waals surface area contributed by atoms with E-state index in [4.69, 9.17) is 14.2 Å². The average molecular weight is 456 g/mol. The van der Waals surface area contributed by atoms with E-state index >= 15 is 0 Å². The molecular formula is C25H29NO7. The van der Waals surface area contributed by atoms with Crippen molar-refractivity contribution in [2.75, 3.05) is 34.0 Å². The summed E-state index contributed by atoms with van der Waals surface area (Å²) in [6.45, 7) is 3.03. The van der Waals surface area contributed by atoms with Crippen molar-refractivity contribution in [3.63, 3.8) is 0 Å². The Hall–Kier alpha value is -3.52. The quantitative estimate of drug-likeness (QED) is 0.244. The zero-order chi connectivity index (χ0) is 24.0. The Bertz CT molecular complexity index is 1030. The number of benzene rings is 2. The molecule has 8 heteroatoms. The minimum Gasteiger partial charge on any atom is -0.507 e. The molecule has 0 aliphatic carbocycles. The van der Waals surface area contributed by atoms with Crippen LogP contribution >= 0.6 is 0 Å². The fraction of sp³-hybridized carbons (Fsp3) is 0.360. The minimum absolute atomic E-state index is 0.0384. The molecule has 1 amide bonds. The van der Waals surface area contributed by atoms with E-state index in [0.29, 0.717) is 23.5 Å². The van der Waals surface area contributed by atoms with Crippen molar-refractivity contribution in [1.29, 1.82) is 0 Å². The van der Waals surface area contributed by atoms with Gasteiger partial charge in [-0.25, -0.2) is 0 Å². The highest BCUT2D eigenvalue weighted by Gasteiger charge is 2.46. The number of nitrogens with zero attached hydrogens (tertiary/aromatic N) is 1. The van der Waals surface area contributed by atoms with E-state index in [0.717, 1.165) is 12.8 Å². The van der Waals surface area contributed by atoms with Crippen LogP contribution in [-0.2, 0) is 14.3 Å². The van der Waals surface area contributed by atoms with Gasteiger partial charge in [-0.05, 0) is 48.4 Å². The van der Waals surface area contributed by atoms with Crippen LogP contribution in [0, 0.1) is 0 Å². The summed E-state index contributed by atoms with van der Waals surface area (Å²) in [7, 11) is 2.91. The number of ketones is 1. The Labute approximate surface area is 193 Å². The Kier molecular flexibility index (Phi) is 7.95. The molecule has 3 rings (SSSR count). The number of rotatable bonds is 10. The third-order valence-electron chi connectivity index (χ3n) is 5.49. The molecule has 33 heavy (non-hydrogen) atoms. The van der Waals surface area contributed by atoms with Gasteiger partial charge in [0, 0.05) is 19.2 Å². The van der Waals surface area contributed by atoms with Gasteiger partial charge in [0.15, 0.2) is 11.5 Å². The topological polar surface area (TPSA) is 106 Å². The fourth-order valence-electron chi connectivity index (χ4n) is 3.71. The number of aliphatic hydroxyl groups is 1. The van der Waals surface area contributed by atoms with E-state index in [1.807, 2.05) is 0 Å². The first-order chi connectivity index (χ1) is 15.9. The molecule has 2 N–H and O–H groups in total. The number of aromatic hydroxyl groups is 1. The van der Waals surface area contributed by atoms with Gasteiger partial charge in [-0.3, -0.25) is 9.59 Å². The minimum atomic E-state index is -0.866. The average Bonchev–Trinajstić information content (AvgIpc) is 3.08. The SMILES string of the molecule is CCCCOc1ccc(/C(O)=C2\C(=O)C(=O)N(CCOC)[C@H]2c2ccc(O)c(OC)c2)cc1. The summed E-state index contributed by atoms with van der Waals surface area (Å²) < 4.78 is 16.0. The maximum atomic E-state index is 13.0. The van der Waals surface area contributed by atoms with Gasteiger partial charge in [-0.1, -0.05) is 19.4 Å². The lowest BCUT2D eigenvalue weighted by molar-refractivity contribution is -0.140. The zero-order valence-corrected chi connectivity index (χ0v) is 19.0. The van der Waals surface area contributed by atoms with E-state index in [9.17, 15) is 19.8 Å². The van der Waals surface area contributed by atoms with Crippen LogP contribution < -0.4 is 9.47 Å². The van der Waals surface area contributed by atoms with E-state index in [1.54, 1.807) is 36.4 Å². The standard InChI is InChI=1S/C25H29NO7/c1-4-5-13-33-18-9-6-16(7-10-18)23(28)21-22(17-8-11-19(27)20(15-17)32-3)26(12-14-31-2)25(30)24(21)29/h6-11,15,22,27-28H,4-5,12-14H2,1-3H3/b23-21+/t22-/m0/s1. The van der Waals surface area contributed by atoms with Gasteiger partial charge in [0.25, 0.3) is 11.7 Å². The van der Waals surface area contributed by atoms with Crippen LogP contribution in [0.3, 0.4) is 0 Å². The molecule has 1 atom stereocenters. The highest BCUT2D eigenvalue weighted by molar-refractivity contribution is 6.46.